The first-order chi connectivity index (χ1) is 11.8. The number of carbonyl (C=O) groups is 1. The number of hydrogen-bond donors (Lipinski definition) is 1. The molecule has 0 spiro atoms. The molecule has 136 valence electrons. The van der Waals surface area contributed by atoms with Gasteiger partial charge in [-0.05, 0) is 51.3 Å². The highest BCUT2D eigenvalue weighted by atomic mass is 79.9. The minimum absolute atomic E-state index is 0.185. The second-order valence-electron chi connectivity index (χ2n) is 7.14. The summed E-state index contributed by atoms with van der Waals surface area (Å²) < 4.78 is 6.67. The maximum Gasteiger partial charge on any atom is 0.310 e. The SMILES string of the molecule is CCCC(C(=O)OC(C)(C)C)C(Cc1ccc(Br)cc1)c1nn[nH]n1. The molecule has 0 bridgehead atoms. The van der Waals surface area contributed by atoms with Crippen molar-refractivity contribution >= 4 is 21.9 Å². The van der Waals surface area contributed by atoms with E-state index in [9.17, 15) is 4.79 Å². The van der Waals surface area contributed by atoms with Gasteiger partial charge in [0.25, 0.3) is 0 Å². The minimum atomic E-state index is -0.525. The Balaban J connectivity index is 2.30. The van der Waals surface area contributed by atoms with E-state index in [-0.39, 0.29) is 17.8 Å². The molecule has 0 amide bonds. The number of ether oxygens (including phenoxy) is 1. The summed E-state index contributed by atoms with van der Waals surface area (Å²) in [5, 5.41) is 14.5. The molecule has 2 aromatic rings. The summed E-state index contributed by atoms with van der Waals surface area (Å²) in [5.74, 6) is -0.159. The van der Waals surface area contributed by atoms with Crippen LogP contribution in [0, 0.1) is 5.92 Å². The van der Waals surface area contributed by atoms with Crippen LogP contribution in [0.25, 0.3) is 0 Å². The van der Waals surface area contributed by atoms with Crippen LogP contribution >= 0.6 is 15.9 Å². The highest BCUT2D eigenvalue weighted by Gasteiger charge is 2.35. The van der Waals surface area contributed by atoms with Crippen molar-refractivity contribution in [3.8, 4) is 0 Å². The quantitative estimate of drug-likeness (QED) is 0.698. The average molecular weight is 409 g/mol. The molecular weight excluding hydrogens is 384 g/mol. The molecule has 7 heteroatoms. The van der Waals surface area contributed by atoms with E-state index < -0.39 is 5.60 Å². The second kappa shape index (κ2) is 8.56. The van der Waals surface area contributed by atoms with Crippen LogP contribution in [0.15, 0.2) is 28.7 Å². The Hall–Kier alpha value is -1.76. The van der Waals surface area contributed by atoms with Crippen LogP contribution in [0.2, 0.25) is 0 Å². The normalized spacial score (nSPS) is 14.1. The number of carbonyl (C=O) groups excluding carboxylic acids is 1. The molecule has 1 N–H and O–H groups in total. The van der Waals surface area contributed by atoms with Crippen LogP contribution in [0.4, 0.5) is 0 Å². The highest BCUT2D eigenvalue weighted by molar-refractivity contribution is 9.10. The first kappa shape index (κ1) is 19.6. The standard InChI is InChI=1S/C18H25BrN4O2/c1-5-6-14(17(24)25-18(2,3)4)15(16-20-22-23-21-16)11-12-7-9-13(19)10-8-12/h7-10,14-15H,5-6,11H2,1-4H3,(H,20,21,22,23). The van der Waals surface area contributed by atoms with Crippen molar-refractivity contribution in [2.45, 2.75) is 58.5 Å². The van der Waals surface area contributed by atoms with E-state index in [1.807, 2.05) is 45.0 Å². The Morgan fingerprint density at radius 3 is 2.48 bits per heavy atom. The Morgan fingerprint density at radius 2 is 1.96 bits per heavy atom. The summed E-state index contributed by atoms with van der Waals surface area (Å²) in [4.78, 5) is 12.8. The fraction of sp³-hybridized carbons (Fsp3) is 0.556. The molecule has 1 heterocycles. The second-order valence-corrected chi connectivity index (χ2v) is 8.05. The number of tetrazole rings is 1. The zero-order valence-corrected chi connectivity index (χ0v) is 16.7. The van der Waals surface area contributed by atoms with Crippen molar-refractivity contribution in [1.29, 1.82) is 0 Å². The maximum atomic E-state index is 12.8. The van der Waals surface area contributed by atoms with Gasteiger partial charge in [0.15, 0.2) is 5.82 Å². The Kier molecular flexibility index (Phi) is 6.70. The van der Waals surface area contributed by atoms with Crippen molar-refractivity contribution in [2.75, 3.05) is 0 Å². The largest absolute Gasteiger partial charge is 0.460 e. The van der Waals surface area contributed by atoms with Crippen molar-refractivity contribution < 1.29 is 9.53 Å². The summed E-state index contributed by atoms with van der Waals surface area (Å²) in [6.07, 6.45) is 2.24. The predicted octanol–water partition coefficient (Wildman–Crippen LogP) is 4.05. The van der Waals surface area contributed by atoms with Crippen molar-refractivity contribution in [2.24, 2.45) is 5.92 Å². The van der Waals surface area contributed by atoms with E-state index in [1.165, 1.54) is 0 Å². The topological polar surface area (TPSA) is 80.8 Å². The fourth-order valence-electron chi connectivity index (χ4n) is 2.79. The molecule has 0 saturated carbocycles. The molecule has 0 fully saturated rings. The number of H-pyrrole nitrogens is 1. The first-order valence-corrected chi connectivity index (χ1v) is 9.30. The average Bonchev–Trinajstić information content (AvgIpc) is 3.05. The van der Waals surface area contributed by atoms with Crippen molar-refractivity contribution in [3.63, 3.8) is 0 Å². The third-order valence-corrected chi connectivity index (χ3v) is 4.39. The van der Waals surface area contributed by atoms with Gasteiger partial charge in [0.1, 0.15) is 5.60 Å². The van der Waals surface area contributed by atoms with Crippen molar-refractivity contribution in [3.05, 3.63) is 40.1 Å². The number of aromatic nitrogens is 4. The summed E-state index contributed by atoms with van der Waals surface area (Å²) in [6, 6.07) is 8.06. The number of nitrogens with one attached hydrogen (secondary N) is 1. The van der Waals surface area contributed by atoms with Crippen molar-refractivity contribution in [1.82, 2.24) is 20.6 Å². The lowest BCUT2D eigenvalue weighted by Crippen LogP contribution is -2.33. The van der Waals surface area contributed by atoms with E-state index in [4.69, 9.17) is 4.74 Å². The van der Waals surface area contributed by atoms with Gasteiger partial charge in [-0.25, -0.2) is 0 Å². The van der Waals surface area contributed by atoms with Crippen LogP contribution in [0.3, 0.4) is 0 Å². The van der Waals surface area contributed by atoms with E-state index in [0.717, 1.165) is 16.5 Å². The zero-order valence-electron chi connectivity index (χ0n) is 15.1. The van der Waals surface area contributed by atoms with Gasteiger partial charge < -0.3 is 4.74 Å². The molecule has 2 rings (SSSR count). The lowest BCUT2D eigenvalue weighted by atomic mass is 9.83. The van der Waals surface area contributed by atoms with Gasteiger partial charge in [-0.2, -0.15) is 5.21 Å². The van der Waals surface area contributed by atoms with Gasteiger partial charge in [0.2, 0.25) is 0 Å². The van der Waals surface area contributed by atoms with Crippen LogP contribution in [-0.2, 0) is 16.0 Å². The molecule has 0 aliphatic heterocycles. The molecule has 6 nitrogen and oxygen atoms in total. The lowest BCUT2D eigenvalue weighted by molar-refractivity contribution is -0.161. The molecule has 0 aliphatic carbocycles. The van der Waals surface area contributed by atoms with E-state index in [0.29, 0.717) is 18.7 Å². The van der Waals surface area contributed by atoms with E-state index in [2.05, 4.69) is 43.5 Å². The molecule has 25 heavy (non-hydrogen) atoms. The number of halogens is 1. The fourth-order valence-corrected chi connectivity index (χ4v) is 3.05. The highest BCUT2D eigenvalue weighted by Crippen LogP contribution is 2.32. The molecule has 2 atom stereocenters. The van der Waals surface area contributed by atoms with Crippen LogP contribution in [-0.4, -0.2) is 32.2 Å². The predicted molar refractivity (Wildman–Crippen MR) is 99.0 cm³/mol. The molecule has 1 aromatic heterocycles. The smallest absolute Gasteiger partial charge is 0.310 e. The minimum Gasteiger partial charge on any atom is -0.460 e. The molecule has 0 radical (unpaired) electrons. The van der Waals surface area contributed by atoms with Crippen LogP contribution in [0.5, 0.6) is 0 Å². The number of esters is 1. The Labute approximate surface area is 156 Å². The summed E-state index contributed by atoms with van der Waals surface area (Å²) >= 11 is 3.45. The number of aromatic amines is 1. The maximum absolute atomic E-state index is 12.8. The zero-order chi connectivity index (χ0) is 18.4. The third-order valence-electron chi connectivity index (χ3n) is 3.86. The Morgan fingerprint density at radius 1 is 1.28 bits per heavy atom. The van der Waals surface area contributed by atoms with Gasteiger partial charge in [0, 0.05) is 10.4 Å². The first-order valence-electron chi connectivity index (χ1n) is 8.50. The number of hydrogen-bond acceptors (Lipinski definition) is 5. The Bertz CT molecular complexity index is 665. The van der Waals surface area contributed by atoms with Gasteiger partial charge >= 0.3 is 5.97 Å². The molecule has 0 saturated heterocycles. The monoisotopic (exact) mass is 408 g/mol. The summed E-state index contributed by atoms with van der Waals surface area (Å²) in [7, 11) is 0. The van der Waals surface area contributed by atoms with Gasteiger partial charge in [-0.15, -0.1) is 10.2 Å². The van der Waals surface area contributed by atoms with E-state index in [1.54, 1.807) is 0 Å². The summed E-state index contributed by atoms with van der Waals surface area (Å²) in [6.45, 7) is 7.70. The van der Waals surface area contributed by atoms with Gasteiger partial charge in [0.05, 0.1) is 5.92 Å². The van der Waals surface area contributed by atoms with Crippen LogP contribution in [0.1, 0.15) is 57.8 Å². The molecule has 2 unspecified atom stereocenters. The van der Waals surface area contributed by atoms with Gasteiger partial charge in [-0.3, -0.25) is 4.79 Å². The number of benzene rings is 1. The lowest BCUT2D eigenvalue weighted by Gasteiger charge is -2.27. The molecule has 1 aromatic carbocycles. The van der Waals surface area contributed by atoms with E-state index >= 15 is 0 Å². The van der Waals surface area contributed by atoms with Crippen LogP contribution < -0.4 is 0 Å². The van der Waals surface area contributed by atoms with Gasteiger partial charge in [-0.1, -0.05) is 46.6 Å². The third kappa shape index (κ3) is 5.92. The molecule has 0 aliphatic rings. The number of rotatable bonds is 7. The number of nitrogens with zero attached hydrogens (tertiary/aromatic N) is 3. The molecular formula is C18H25BrN4O2. The summed E-state index contributed by atoms with van der Waals surface area (Å²) in [5.41, 5.74) is 0.588.